The van der Waals surface area contributed by atoms with Crippen molar-refractivity contribution in [2.24, 2.45) is 0 Å². The van der Waals surface area contributed by atoms with Crippen molar-refractivity contribution < 1.29 is 9.53 Å². The molecular formula is C16H21N3O2. The second kappa shape index (κ2) is 5.28. The highest BCUT2D eigenvalue weighted by Gasteiger charge is 2.47. The van der Waals surface area contributed by atoms with Gasteiger partial charge in [-0.3, -0.25) is 0 Å². The first-order chi connectivity index (χ1) is 9.73. The number of hydrogen-bond acceptors (Lipinski definition) is 4. The molecule has 1 N–H and O–H groups in total. The minimum Gasteiger partial charge on any atom is -0.444 e. The lowest BCUT2D eigenvalue weighted by Gasteiger charge is -2.46. The number of benzene rings is 1. The van der Waals surface area contributed by atoms with Crippen molar-refractivity contribution in [1.29, 1.82) is 5.26 Å². The van der Waals surface area contributed by atoms with Crippen LogP contribution in [0.5, 0.6) is 0 Å². The molecule has 1 saturated heterocycles. The Labute approximate surface area is 125 Å². The Morgan fingerprint density at radius 1 is 1.33 bits per heavy atom. The van der Waals surface area contributed by atoms with Crippen molar-refractivity contribution in [2.75, 3.05) is 18.4 Å². The van der Waals surface area contributed by atoms with Gasteiger partial charge >= 0.3 is 6.09 Å². The number of carbonyl (C=O) groups is 1. The highest BCUT2D eigenvalue weighted by molar-refractivity contribution is 5.71. The molecule has 1 aliphatic rings. The highest BCUT2D eigenvalue weighted by atomic mass is 16.6. The molecule has 0 aromatic heterocycles. The number of aryl methyl sites for hydroxylation is 1. The topological polar surface area (TPSA) is 65.4 Å². The molecule has 0 saturated carbocycles. The number of amides is 1. The Kier molecular flexibility index (Phi) is 3.82. The molecule has 5 heteroatoms. The van der Waals surface area contributed by atoms with Crippen molar-refractivity contribution in [3.63, 3.8) is 0 Å². The number of nitriles is 1. The largest absolute Gasteiger partial charge is 0.444 e. The molecule has 1 aromatic carbocycles. The SMILES string of the molecule is Cc1ccc(NC2(C#N)CN(C(=O)OC(C)(C)C)C2)cc1. The summed E-state index contributed by atoms with van der Waals surface area (Å²) >= 11 is 0. The van der Waals surface area contributed by atoms with E-state index >= 15 is 0 Å². The van der Waals surface area contributed by atoms with E-state index in [9.17, 15) is 10.1 Å². The Balaban J connectivity index is 1.96. The van der Waals surface area contributed by atoms with Gasteiger partial charge in [0.05, 0.1) is 19.2 Å². The van der Waals surface area contributed by atoms with Gasteiger partial charge in [0, 0.05) is 5.69 Å². The molecule has 2 rings (SSSR count). The van der Waals surface area contributed by atoms with Gasteiger partial charge in [0.25, 0.3) is 0 Å². The molecule has 112 valence electrons. The molecule has 0 unspecified atom stereocenters. The number of nitrogens with one attached hydrogen (secondary N) is 1. The van der Waals surface area contributed by atoms with Crippen molar-refractivity contribution in [2.45, 2.75) is 38.8 Å². The molecule has 0 radical (unpaired) electrons. The normalized spacial score (nSPS) is 16.6. The van der Waals surface area contributed by atoms with Crippen molar-refractivity contribution in [3.05, 3.63) is 29.8 Å². The molecule has 1 amide bonds. The lowest BCUT2D eigenvalue weighted by Crippen LogP contribution is -2.67. The third-order valence-corrected chi connectivity index (χ3v) is 3.22. The third kappa shape index (κ3) is 3.66. The molecule has 21 heavy (non-hydrogen) atoms. The van der Waals surface area contributed by atoms with E-state index < -0.39 is 11.1 Å². The standard InChI is InChI=1S/C16H21N3O2/c1-12-5-7-13(8-6-12)18-16(9-17)10-19(11-16)14(20)21-15(2,3)4/h5-8,18H,10-11H2,1-4H3. The van der Waals surface area contributed by atoms with Crippen LogP contribution >= 0.6 is 0 Å². The van der Waals surface area contributed by atoms with Crippen LogP contribution in [0.25, 0.3) is 0 Å². The van der Waals surface area contributed by atoms with Crippen LogP contribution in [0.2, 0.25) is 0 Å². The zero-order chi connectivity index (χ0) is 15.7. The first-order valence-electron chi connectivity index (χ1n) is 6.97. The number of hydrogen-bond donors (Lipinski definition) is 1. The molecule has 0 aliphatic carbocycles. The van der Waals surface area contributed by atoms with E-state index in [0.29, 0.717) is 13.1 Å². The van der Waals surface area contributed by atoms with Gasteiger partial charge in [-0.05, 0) is 39.8 Å². The summed E-state index contributed by atoms with van der Waals surface area (Å²) in [6, 6.07) is 10.1. The van der Waals surface area contributed by atoms with E-state index in [-0.39, 0.29) is 6.09 Å². The molecule has 0 spiro atoms. The highest BCUT2D eigenvalue weighted by Crippen LogP contribution is 2.27. The van der Waals surface area contributed by atoms with E-state index in [0.717, 1.165) is 11.3 Å². The van der Waals surface area contributed by atoms with Gasteiger partial charge in [0.15, 0.2) is 5.54 Å². The fraction of sp³-hybridized carbons (Fsp3) is 0.500. The number of ether oxygens (including phenoxy) is 1. The molecule has 1 aliphatic heterocycles. The number of likely N-dealkylation sites (tertiary alicyclic amines) is 1. The Hall–Kier alpha value is -2.22. The van der Waals surface area contributed by atoms with Crippen LogP contribution in [0.3, 0.4) is 0 Å². The zero-order valence-corrected chi connectivity index (χ0v) is 12.9. The monoisotopic (exact) mass is 287 g/mol. The van der Waals surface area contributed by atoms with Gasteiger partial charge in [-0.15, -0.1) is 0 Å². The Morgan fingerprint density at radius 2 is 1.90 bits per heavy atom. The summed E-state index contributed by atoms with van der Waals surface area (Å²) < 4.78 is 5.30. The van der Waals surface area contributed by atoms with Crippen LogP contribution in [0.1, 0.15) is 26.3 Å². The van der Waals surface area contributed by atoms with Crippen molar-refractivity contribution in [1.82, 2.24) is 4.90 Å². The van der Waals surface area contributed by atoms with Gasteiger partial charge in [-0.25, -0.2) is 4.79 Å². The second-order valence-electron chi connectivity index (χ2n) is 6.52. The molecule has 1 aromatic rings. The fourth-order valence-corrected chi connectivity index (χ4v) is 2.15. The van der Waals surface area contributed by atoms with Gasteiger partial charge in [-0.1, -0.05) is 17.7 Å². The van der Waals surface area contributed by atoms with Crippen LogP contribution in [0.15, 0.2) is 24.3 Å². The Bertz CT molecular complexity index is 561. The van der Waals surface area contributed by atoms with Crippen LogP contribution in [0.4, 0.5) is 10.5 Å². The minimum absolute atomic E-state index is 0.326. The van der Waals surface area contributed by atoms with Crippen LogP contribution in [-0.4, -0.2) is 35.2 Å². The fourth-order valence-electron chi connectivity index (χ4n) is 2.15. The molecule has 1 heterocycles. The van der Waals surface area contributed by atoms with E-state index in [2.05, 4.69) is 11.4 Å². The molecule has 5 nitrogen and oxygen atoms in total. The summed E-state index contributed by atoms with van der Waals surface area (Å²) in [5.41, 5.74) is 0.792. The summed E-state index contributed by atoms with van der Waals surface area (Å²) in [4.78, 5) is 13.4. The smallest absolute Gasteiger partial charge is 0.410 e. The van der Waals surface area contributed by atoms with Gasteiger partial charge < -0.3 is 15.0 Å². The van der Waals surface area contributed by atoms with Gasteiger partial charge in [0.1, 0.15) is 5.60 Å². The lowest BCUT2D eigenvalue weighted by molar-refractivity contribution is 0.00356. The summed E-state index contributed by atoms with van der Waals surface area (Å²) in [7, 11) is 0. The lowest BCUT2D eigenvalue weighted by atomic mass is 9.91. The van der Waals surface area contributed by atoms with Crippen LogP contribution in [-0.2, 0) is 4.74 Å². The Morgan fingerprint density at radius 3 is 2.38 bits per heavy atom. The van der Waals surface area contributed by atoms with Crippen LogP contribution in [0, 0.1) is 18.3 Å². The molecule has 0 bridgehead atoms. The number of carbonyl (C=O) groups excluding carboxylic acids is 1. The van der Waals surface area contributed by atoms with Crippen molar-refractivity contribution in [3.8, 4) is 6.07 Å². The third-order valence-electron chi connectivity index (χ3n) is 3.22. The second-order valence-corrected chi connectivity index (χ2v) is 6.52. The van der Waals surface area contributed by atoms with Gasteiger partial charge in [0.2, 0.25) is 0 Å². The number of nitrogens with zero attached hydrogens (tertiary/aromatic N) is 2. The van der Waals surface area contributed by atoms with E-state index in [1.807, 2.05) is 52.0 Å². The predicted octanol–water partition coefficient (Wildman–Crippen LogP) is 2.92. The van der Waals surface area contributed by atoms with Crippen molar-refractivity contribution >= 4 is 11.8 Å². The zero-order valence-electron chi connectivity index (χ0n) is 12.9. The van der Waals surface area contributed by atoms with E-state index in [4.69, 9.17) is 4.74 Å². The maximum Gasteiger partial charge on any atom is 0.410 e. The summed E-state index contributed by atoms with van der Waals surface area (Å²) in [5, 5.41) is 12.6. The molecule has 1 fully saturated rings. The summed E-state index contributed by atoms with van der Waals surface area (Å²) in [6.45, 7) is 8.14. The first kappa shape index (κ1) is 15.2. The first-order valence-corrected chi connectivity index (χ1v) is 6.97. The minimum atomic E-state index is -0.730. The number of rotatable bonds is 2. The molecule has 0 atom stereocenters. The van der Waals surface area contributed by atoms with E-state index in [1.54, 1.807) is 0 Å². The summed E-state index contributed by atoms with van der Waals surface area (Å²) in [6.07, 6.45) is -0.376. The maximum atomic E-state index is 11.9. The quantitative estimate of drug-likeness (QED) is 0.908. The van der Waals surface area contributed by atoms with Crippen LogP contribution < -0.4 is 5.32 Å². The number of anilines is 1. The molecular weight excluding hydrogens is 266 g/mol. The summed E-state index contributed by atoms with van der Waals surface area (Å²) in [5.74, 6) is 0. The van der Waals surface area contributed by atoms with Gasteiger partial charge in [-0.2, -0.15) is 5.26 Å². The maximum absolute atomic E-state index is 11.9. The average Bonchev–Trinajstić information content (AvgIpc) is 2.33. The predicted molar refractivity (Wildman–Crippen MR) is 81.0 cm³/mol. The van der Waals surface area contributed by atoms with E-state index in [1.165, 1.54) is 4.90 Å². The average molecular weight is 287 g/mol.